The second kappa shape index (κ2) is 9.76. The number of methoxy groups -OCH3 is 1. The van der Waals surface area contributed by atoms with Gasteiger partial charge in [-0.05, 0) is 42.0 Å². The molecular formula is C24H22ClN3O4S. The van der Waals surface area contributed by atoms with Gasteiger partial charge in [0.15, 0.2) is 0 Å². The van der Waals surface area contributed by atoms with Crippen LogP contribution in [0.5, 0.6) is 5.75 Å². The van der Waals surface area contributed by atoms with E-state index in [1.54, 1.807) is 31.4 Å². The van der Waals surface area contributed by atoms with Crippen molar-refractivity contribution in [1.29, 1.82) is 0 Å². The first kappa shape index (κ1) is 23.0. The van der Waals surface area contributed by atoms with Gasteiger partial charge in [-0.25, -0.2) is 18.5 Å². The molecule has 0 spiro atoms. The number of rotatable bonds is 8. The van der Waals surface area contributed by atoms with Crippen molar-refractivity contribution in [3.05, 3.63) is 89.2 Å². The van der Waals surface area contributed by atoms with Crippen LogP contribution in [0.25, 0.3) is 22.5 Å². The number of halogens is 1. The Hall–Kier alpha value is -3.17. The summed E-state index contributed by atoms with van der Waals surface area (Å²) in [6, 6.07) is 21.3. The van der Waals surface area contributed by atoms with E-state index in [1.807, 2.05) is 36.4 Å². The monoisotopic (exact) mass is 483 g/mol. The number of benzene rings is 3. The number of aromatic amines is 1. The number of hydrogen-bond donors (Lipinski definition) is 2. The standard InChI is InChI=1S/C24H22ClN3O4S/c1-31-20-10-2-16(3-11-20)14-32-15-22-27-23(17-4-8-19(25)9-5-17)24(28-22)18-6-12-21(13-7-18)33(26,29)30/h2-13H,14-15H2,1H3,(H,27,28)(H2,26,29,30). The summed E-state index contributed by atoms with van der Waals surface area (Å²) in [5.41, 5.74) is 4.09. The summed E-state index contributed by atoms with van der Waals surface area (Å²) in [4.78, 5) is 8.08. The van der Waals surface area contributed by atoms with Crippen molar-refractivity contribution in [1.82, 2.24) is 9.97 Å². The Morgan fingerprint density at radius 2 is 1.55 bits per heavy atom. The number of sulfonamides is 1. The fourth-order valence-corrected chi connectivity index (χ4v) is 3.96. The van der Waals surface area contributed by atoms with Crippen molar-refractivity contribution in [2.75, 3.05) is 7.11 Å². The summed E-state index contributed by atoms with van der Waals surface area (Å²) in [7, 11) is -2.15. The molecule has 0 aliphatic carbocycles. The van der Waals surface area contributed by atoms with Gasteiger partial charge in [0, 0.05) is 16.1 Å². The first-order valence-electron chi connectivity index (χ1n) is 10.0. The first-order valence-corrected chi connectivity index (χ1v) is 11.9. The van der Waals surface area contributed by atoms with Crippen LogP contribution in [0.4, 0.5) is 0 Å². The molecule has 3 aromatic carbocycles. The molecule has 3 N–H and O–H groups in total. The Morgan fingerprint density at radius 3 is 2.15 bits per heavy atom. The molecule has 0 aliphatic rings. The molecule has 0 fully saturated rings. The minimum absolute atomic E-state index is 0.0397. The molecule has 0 unspecified atom stereocenters. The van der Waals surface area contributed by atoms with Gasteiger partial charge in [-0.3, -0.25) is 0 Å². The number of nitrogens with one attached hydrogen (secondary N) is 1. The van der Waals surface area contributed by atoms with Gasteiger partial charge < -0.3 is 14.5 Å². The maximum absolute atomic E-state index is 11.6. The molecule has 1 aromatic heterocycles. The van der Waals surface area contributed by atoms with E-state index in [4.69, 9.17) is 31.2 Å². The molecule has 0 radical (unpaired) electrons. The fourth-order valence-electron chi connectivity index (χ4n) is 3.31. The third kappa shape index (κ3) is 5.61. The van der Waals surface area contributed by atoms with Gasteiger partial charge >= 0.3 is 0 Å². The Balaban J connectivity index is 1.60. The van der Waals surface area contributed by atoms with Crippen LogP contribution in [0.3, 0.4) is 0 Å². The molecular weight excluding hydrogens is 462 g/mol. The van der Waals surface area contributed by atoms with Crippen molar-refractivity contribution >= 4 is 21.6 Å². The molecule has 0 saturated heterocycles. The predicted octanol–water partition coefficient (Wildman–Crippen LogP) is 4.77. The number of hydrogen-bond acceptors (Lipinski definition) is 5. The second-order valence-corrected chi connectivity index (χ2v) is 9.32. The lowest BCUT2D eigenvalue weighted by atomic mass is 10.1. The summed E-state index contributed by atoms with van der Waals surface area (Å²) < 4.78 is 34.2. The Labute approximate surface area is 197 Å². The second-order valence-electron chi connectivity index (χ2n) is 7.32. The van der Waals surface area contributed by atoms with E-state index in [0.717, 1.165) is 28.1 Å². The summed E-state index contributed by atoms with van der Waals surface area (Å²) in [5.74, 6) is 1.43. The lowest BCUT2D eigenvalue weighted by Gasteiger charge is -2.05. The van der Waals surface area contributed by atoms with Gasteiger partial charge in [0.05, 0.1) is 30.0 Å². The number of primary sulfonamides is 1. The molecule has 0 amide bonds. The maximum atomic E-state index is 11.6. The van der Waals surface area contributed by atoms with Gasteiger partial charge in [0.2, 0.25) is 10.0 Å². The van der Waals surface area contributed by atoms with Crippen molar-refractivity contribution in [3.63, 3.8) is 0 Å². The topological polar surface area (TPSA) is 107 Å². The van der Waals surface area contributed by atoms with Gasteiger partial charge in [0.25, 0.3) is 0 Å². The van der Waals surface area contributed by atoms with Gasteiger partial charge in [0.1, 0.15) is 18.2 Å². The Kier molecular flexibility index (Phi) is 6.80. The molecule has 9 heteroatoms. The van der Waals surface area contributed by atoms with Gasteiger partial charge in [-0.2, -0.15) is 0 Å². The quantitative estimate of drug-likeness (QED) is 0.375. The van der Waals surface area contributed by atoms with E-state index in [1.165, 1.54) is 12.1 Å². The van der Waals surface area contributed by atoms with E-state index in [2.05, 4.69) is 4.98 Å². The van der Waals surface area contributed by atoms with Crippen molar-refractivity contribution < 1.29 is 17.9 Å². The van der Waals surface area contributed by atoms with E-state index in [0.29, 0.717) is 23.1 Å². The summed E-state index contributed by atoms with van der Waals surface area (Å²) in [6.07, 6.45) is 0. The largest absolute Gasteiger partial charge is 0.497 e. The van der Waals surface area contributed by atoms with Crippen LogP contribution in [-0.2, 0) is 28.0 Å². The minimum Gasteiger partial charge on any atom is -0.497 e. The van der Waals surface area contributed by atoms with Crippen LogP contribution < -0.4 is 9.88 Å². The van der Waals surface area contributed by atoms with Crippen LogP contribution in [-0.4, -0.2) is 25.5 Å². The van der Waals surface area contributed by atoms with E-state index >= 15 is 0 Å². The Morgan fingerprint density at radius 1 is 0.909 bits per heavy atom. The van der Waals surface area contributed by atoms with E-state index < -0.39 is 10.0 Å². The summed E-state index contributed by atoms with van der Waals surface area (Å²) >= 11 is 6.04. The third-order valence-corrected chi connectivity index (χ3v) is 6.19. The molecule has 0 bridgehead atoms. The molecule has 4 aromatic rings. The highest BCUT2D eigenvalue weighted by Crippen LogP contribution is 2.31. The van der Waals surface area contributed by atoms with Crippen molar-refractivity contribution in [2.45, 2.75) is 18.1 Å². The number of H-pyrrole nitrogens is 1. The lowest BCUT2D eigenvalue weighted by molar-refractivity contribution is 0.102. The highest BCUT2D eigenvalue weighted by Gasteiger charge is 2.16. The lowest BCUT2D eigenvalue weighted by Crippen LogP contribution is -2.11. The van der Waals surface area contributed by atoms with Gasteiger partial charge in [-0.15, -0.1) is 0 Å². The number of aromatic nitrogens is 2. The van der Waals surface area contributed by atoms with Crippen molar-refractivity contribution in [2.24, 2.45) is 5.14 Å². The van der Waals surface area contributed by atoms with Crippen LogP contribution in [0.15, 0.2) is 77.7 Å². The molecule has 170 valence electrons. The molecule has 4 rings (SSSR count). The van der Waals surface area contributed by atoms with Crippen LogP contribution in [0, 0.1) is 0 Å². The number of nitrogens with zero attached hydrogens (tertiary/aromatic N) is 1. The number of nitrogens with two attached hydrogens (primary N) is 1. The minimum atomic E-state index is -3.78. The van der Waals surface area contributed by atoms with Crippen LogP contribution in [0.2, 0.25) is 5.02 Å². The normalized spacial score (nSPS) is 11.5. The highest BCUT2D eigenvalue weighted by molar-refractivity contribution is 7.89. The first-order chi connectivity index (χ1) is 15.8. The molecule has 0 atom stereocenters. The highest BCUT2D eigenvalue weighted by atomic mass is 35.5. The fraction of sp³-hybridized carbons (Fsp3) is 0.125. The number of ether oxygens (including phenoxy) is 2. The van der Waals surface area contributed by atoms with E-state index in [9.17, 15) is 8.42 Å². The van der Waals surface area contributed by atoms with Gasteiger partial charge in [-0.1, -0.05) is 48.0 Å². The molecule has 0 aliphatic heterocycles. The average Bonchev–Trinajstić information content (AvgIpc) is 3.24. The molecule has 7 nitrogen and oxygen atoms in total. The SMILES string of the molecule is COc1ccc(COCc2nc(-c3ccc(S(N)(=O)=O)cc3)c(-c3ccc(Cl)cc3)[nH]2)cc1. The zero-order chi connectivity index (χ0) is 23.4. The summed E-state index contributed by atoms with van der Waals surface area (Å²) in [6.45, 7) is 0.682. The molecule has 33 heavy (non-hydrogen) atoms. The number of imidazole rings is 1. The van der Waals surface area contributed by atoms with Crippen LogP contribution in [0.1, 0.15) is 11.4 Å². The third-order valence-electron chi connectivity index (χ3n) is 5.01. The molecule has 1 heterocycles. The Bertz CT molecular complexity index is 1330. The average molecular weight is 484 g/mol. The maximum Gasteiger partial charge on any atom is 0.238 e. The zero-order valence-corrected chi connectivity index (χ0v) is 19.4. The van der Waals surface area contributed by atoms with E-state index in [-0.39, 0.29) is 11.5 Å². The van der Waals surface area contributed by atoms with Crippen LogP contribution >= 0.6 is 11.6 Å². The predicted molar refractivity (Wildman–Crippen MR) is 127 cm³/mol. The smallest absolute Gasteiger partial charge is 0.238 e. The zero-order valence-electron chi connectivity index (χ0n) is 17.8. The van der Waals surface area contributed by atoms with Crippen molar-refractivity contribution in [3.8, 4) is 28.3 Å². The summed E-state index contributed by atoms with van der Waals surface area (Å²) in [5, 5.41) is 5.84. The molecule has 0 saturated carbocycles.